The molecular weight excluding hydrogens is 423 g/mol. The van der Waals surface area contributed by atoms with Gasteiger partial charge in [-0.3, -0.25) is 0 Å². The van der Waals surface area contributed by atoms with Gasteiger partial charge in [-0.05, 0) is 33.3 Å². The van der Waals surface area contributed by atoms with Crippen molar-refractivity contribution < 1.29 is 33.3 Å². The molecule has 0 radical (unpaired) electrons. The molecule has 0 atom stereocenters. The fourth-order valence-electron chi connectivity index (χ4n) is 3.37. The van der Waals surface area contributed by atoms with Gasteiger partial charge < -0.3 is 30.0 Å². The molecule has 0 saturated heterocycles. The van der Waals surface area contributed by atoms with Gasteiger partial charge in [0.1, 0.15) is 16.9 Å². The summed E-state index contributed by atoms with van der Waals surface area (Å²) in [6.45, 7) is 5.12. The number of carboxylic acid groups (broad SMARTS) is 1. The maximum Gasteiger partial charge on any atom is 0.410 e. The molecular formula is C21H25FN4O6. The number of anilines is 1. The van der Waals surface area contributed by atoms with E-state index in [1.165, 1.54) is 25.2 Å². The van der Waals surface area contributed by atoms with Crippen LogP contribution >= 0.6 is 0 Å². The lowest BCUT2D eigenvalue weighted by Crippen LogP contribution is -2.41. The Labute approximate surface area is 183 Å². The summed E-state index contributed by atoms with van der Waals surface area (Å²) >= 11 is 0. The molecule has 172 valence electrons. The Bertz CT molecular complexity index is 1130. The second-order valence-corrected chi connectivity index (χ2v) is 8.17. The van der Waals surface area contributed by atoms with Gasteiger partial charge in [-0.2, -0.15) is 0 Å². The molecule has 10 nitrogen and oxygen atoms in total. The molecule has 1 aromatic carbocycles. The predicted octanol–water partition coefficient (Wildman–Crippen LogP) is 2.85. The molecule has 32 heavy (non-hydrogen) atoms. The van der Waals surface area contributed by atoms with Crippen molar-refractivity contribution in [2.75, 3.05) is 33.0 Å². The number of aromatic nitrogens is 2. The molecule has 3 rings (SSSR count). The van der Waals surface area contributed by atoms with E-state index in [0.29, 0.717) is 0 Å². The van der Waals surface area contributed by atoms with E-state index in [1.807, 2.05) is 0 Å². The standard InChI is InChI=1S/C21H25FN4O6/c1-21(2,3)32-20(29)26-7-6-10(12(9-26)19(27)28)18-24-15-11(17(23)25-18)8-13(30-4)16(31-5)14(15)22/h8H,6-7,9H2,1-5H3,(H,27,28)(H2,23,24,25). The maximum absolute atomic E-state index is 15.1. The van der Waals surface area contributed by atoms with Gasteiger partial charge in [0, 0.05) is 17.5 Å². The van der Waals surface area contributed by atoms with Crippen LogP contribution in [0.25, 0.3) is 16.5 Å². The Morgan fingerprint density at radius 2 is 1.91 bits per heavy atom. The molecule has 1 aliphatic rings. The maximum atomic E-state index is 15.1. The van der Waals surface area contributed by atoms with Crippen molar-refractivity contribution in [3.63, 3.8) is 0 Å². The number of hydrogen-bond acceptors (Lipinski definition) is 8. The minimum absolute atomic E-state index is 0.0256. The fourth-order valence-corrected chi connectivity index (χ4v) is 3.37. The number of aliphatic carboxylic acids is 1. The van der Waals surface area contributed by atoms with E-state index in [1.54, 1.807) is 20.8 Å². The number of nitrogens with two attached hydrogens (primary N) is 1. The van der Waals surface area contributed by atoms with Gasteiger partial charge in [0.2, 0.25) is 0 Å². The van der Waals surface area contributed by atoms with E-state index in [2.05, 4.69) is 9.97 Å². The third kappa shape index (κ3) is 4.36. The zero-order valence-corrected chi connectivity index (χ0v) is 18.5. The summed E-state index contributed by atoms with van der Waals surface area (Å²) in [5.74, 6) is -2.16. The van der Waals surface area contributed by atoms with Gasteiger partial charge in [-0.15, -0.1) is 0 Å². The Hall–Kier alpha value is -3.63. The van der Waals surface area contributed by atoms with Crippen LogP contribution in [0.3, 0.4) is 0 Å². The largest absolute Gasteiger partial charge is 0.493 e. The van der Waals surface area contributed by atoms with Gasteiger partial charge in [-0.1, -0.05) is 0 Å². The van der Waals surface area contributed by atoms with Crippen LogP contribution in [0, 0.1) is 5.82 Å². The van der Waals surface area contributed by atoms with Crippen LogP contribution < -0.4 is 15.2 Å². The number of amides is 1. The summed E-state index contributed by atoms with van der Waals surface area (Å²) < 4.78 is 30.6. The molecule has 0 unspecified atom stereocenters. The number of carbonyl (C=O) groups is 2. The highest BCUT2D eigenvalue weighted by Gasteiger charge is 2.32. The third-order valence-electron chi connectivity index (χ3n) is 4.83. The van der Waals surface area contributed by atoms with Gasteiger partial charge in [0.15, 0.2) is 23.1 Å². The van der Waals surface area contributed by atoms with Crippen molar-refractivity contribution in [3.8, 4) is 11.5 Å². The van der Waals surface area contributed by atoms with Gasteiger partial charge in [0.25, 0.3) is 0 Å². The number of carboxylic acids is 1. The van der Waals surface area contributed by atoms with Crippen molar-refractivity contribution in [1.82, 2.24) is 14.9 Å². The van der Waals surface area contributed by atoms with Crippen LogP contribution in [0.2, 0.25) is 0 Å². The first-order valence-electron chi connectivity index (χ1n) is 9.78. The first-order valence-corrected chi connectivity index (χ1v) is 9.78. The van der Waals surface area contributed by atoms with Gasteiger partial charge in [-0.25, -0.2) is 23.9 Å². The second kappa shape index (κ2) is 8.48. The summed E-state index contributed by atoms with van der Waals surface area (Å²) in [5, 5.41) is 9.96. The monoisotopic (exact) mass is 448 g/mol. The average molecular weight is 448 g/mol. The Kier molecular flexibility index (Phi) is 6.11. The molecule has 0 fully saturated rings. The highest BCUT2D eigenvalue weighted by molar-refractivity contribution is 5.99. The molecule has 0 aliphatic carbocycles. The number of nitrogen functional groups attached to an aromatic ring is 1. The van der Waals surface area contributed by atoms with E-state index in [4.69, 9.17) is 19.9 Å². The number of halogens is 1. The number of hydrogen-bond donors (Lipinski definition) is 2. The minimum Gasteiger partial charge on any atom is -0.493 e. The van der Waals surface area contributed by atoms with E-state index >= 15 is 4.39 Å². The number of carbonyl (C=O) groups excluding carboxylic acids is 1. The van der Waals surface area contributed by atoms with E-state index in [0.717, 1.165) is 0 Å². The number of fused-ring (bicyclic) bond motifs is 1. The van der Waals surface area contributed by atoms with Gasteiger partial charge >= 0.3 is 12.1 Å². The van der Waals surface area contributed by atoms with Crippen molar-refractivity contribution in [3.05, 3.63) is 23.3 Å². The number of methoxy groups -OCH3 is 2. The summed E-state index contributed by atoms with van der Waals surface area (Å²) in [7, 11) is 2.65. The highest BCUT2D eigenvalue weighted by atomic mass is 19.1. The van der Waals surface area contributed by atoms with Crippen molar-refractivity contribution in [2.45, 2.75) is 32.8 Å². The van der Waals surface area contributed by atoms with Crippen molar-refractivity contribution in [1.29, 1.82) is 0 Å². The first-order chi connectivity index (χ1) is 15.0. The molecule has 0 bridgehead atoms. The fraction of sp³-hybridized carbons (Fsp3) is 0.429. The van der Waals surface area contributed by atoms with Crippen LogP contribution in [-0.2, 0) is 9.53 Å². The SMILES string of the molecule is COc1cc2c(N)nc(C3=C(C(=O)O)CN(C(=O)OC(C)(C)C)CC3)nc2c(F)c1OC. The molecule has 0 spiro atoms. The topological polar surface area (TPSA) is 137 Å². The average Bonchev–Trinajstić information content (AvgIpc) is 2.72. The quantitative estimate of drug-likeness (QED) is 0.723. The van der Waals surface area contributed by atoms with Crippen LogP contribution in [0.5, 0.6) is 11.5 Å². The molecule has 11 heteroatoms. The van der Waals surface area contributed by atoms with Crippen molar-refractivity contribution >= 4 is 34.4 Å². The summed E-state index contributed by atoms with van der Waals surface area (Å²) in [4.78, 5) is 34.1. The molecule has 1 amide bonds. The number of benzene rings is 1. The Balaban J connectivity index is 2.10. The molecule has 2 aromatic rings. The summed E-state index contributed by atoms with van der Waals surface area (Å²) in [5.41, 5.74) is 5.36. The molecule has 2 heterocycles. The lowest BCUT2D eigenvalue weighted by Gasteiger charge is -2.31. The number of ether oxygens (including phenoxy) is 3. The summed E-state index contributed by atoms with van der Waals surface area (Å²) in [6, 6.07) is 1.45. The molecule has 0 saturated carbocycles. The molecule has 1 aromatic heterocycles. The summed E-state index contributed by atoms with van der Waals surface area (Å²) in [6.07, 6.45) is -0.502. The van der Waals surface area contributed by atoms with Crippen LogP contribution in [0.15, 0.2) is 11.6 Å². The smallest absolute Gasteiger partial charge is 0.410 e. The normalized spacial score (nSPS) is 14.5. The highest BCUT2D eigenvalue weighted by Crippen LogP contribution is 2.38. The van der Waals surface area contributed by atoms with Crippen LogP contribution in [-0.4, -0.2) is 64.9 Å². The van der Waals surface area contributed by atoms with E-state index in [9.17, 15) is 14.7 Å². The first kappa shape index (κ1) is 23.0. The van der Waals surface area contributed by atoms with E-state index < -0.39 is 23.5 Å². The van der Waals surface area contributed by atoms with E-state index in [-0.39, 0.29) is 64.7 Å². The molecule has 1 aliphatic heterocycles. The van der Waals surface area contributed by atoms with Gasteiger partial charge in [0.05, 0.1) is 26.3 Å². The minimum atomic E-state index is -1.25. The number of rotatable bonds is 4. The third-order valence-corrected chi connectivity index (χ3v) is 4.83. The lowest BCUT2D eigenvalue weighted by atomic mass is 9.99. The molecule has 3 N–H and O–H groups in total. The lowest BCUT2D eigenvalue weighted by molar-refractivity contribution is -0.132. The second-order valence-electron chi connectivity index (χ2n) is 8.17. The Morgan fingerprint density at radius 1 is 1.22 bits per heavy atom. The van der Waals surface area contributed by atoms with Crippen molar-refractivity contribution in [2.24, 2.45) is 0 Å². The number of nitrogens with zero attached hydrogens (tertiary/aromatic N) is 3. The predicted molar refractivity (Wildman–Crippen MR) is 114 cm³/mol. The zero-order chi connectivity index (χ0) is 23.8. The van der Waals surface area contributed by atoms with Crippen LogP contribution in [0.1, 0.15) is 33.0 Å². The Morgan fingerprint density at radius 3 is 2.47 bits per heavy atom. The zero-order valence-electron chi connectivity index (χ0n) is 18.5. The van der Waals surface area contributed by atoms with Crippen LogP contribution in [0.4, 0.5) is 15.0 Å².